The number of benzene rings is 1. The summed E-state index contributed by atoms with van der Waals surface area (Å²) in [5.74, 6) is -0.491. The van der Waals surface area contributed by atoms with Gasteiger partial charge < -0.3 is 4.74 Å². The lowest BCUT2D eigenvalue weighted by molar-refractivity contribution is -0.143. The van der Waals surface area contributed by atoms with Crippen molar-refractivity contribution in [2.75, 3.05) is 7.11 Å². The third-order valence-corrected chi connectivity index (χ3v) is 2.43. The van der Waals surface area contributed by atoms with Crippen LogP contribution in [0.5, 0.6) is 0 Å². The van der Waals surface area contributed by atoms with Crippen molar-refractivity contribution in [2.45, 2.75) is 32.4 Å². The quantitative estimate of drug-likeness (QED) is 0.824. The van der Waals surface area contributed by atoms with Crippen LogP contribution < -0.4 is 5.32 Å². The van der Waals surface area contributed by atoms with Crippen molar-refractivity contribution in [3.05, 3.63) is 35.4 Å². The van der Waals surface area contributed by atoms with Crippen molar-refractivity contribution in [3.8, 4) is 0 Å². The van der Waals surface area contributed by atoms with Crippen LogP contribution in [0.25, 0.3) is 0 Å². The van der Waals surface area contributed by atoms with Gasteiger partial charge in [0.1, 0.15) is 6.04 Å². The van der Waals surface area contributed by atoms with Crippen LogP contribution in [0.15, 0.2) is 24.3 Å². The topological polar surface area (TPSA) is 38.3 Å². The second kappa shape index (κ2) is 6.44. The summed E-state index contributed by atoms with van der Waals surface area (Å²) in [5.41, 5.74) is 0.375. The smallest absolute Gasteiger partial charge is 0.327 e. The molecule has 0 saturated heterocycles. The molecule has 0 spiro atoms. The Bertz CT molecular complexity index is 408. The fourth-order valence-electron chi connectivity index (χ4n) is 1.63. The van der Waals surface area contributed by atoms with Crippen LogP contribution in [-0.4, -0.2) is 19.1 Å². The van der Waals surface area contributed by atoms with Crippen LogP contribution in [0, 0.1) is 0 Å². The standard InChI is InChI=1S/C13H17F2NO2/c1-8(2)16-11(13(17)18-3)9-5-4-6-10(7-9)12(14)15/h4-8,11-12,16H,1-3H3. The first-order valence-corrected chi connectivity index (χ1v) is 5.67. The molecule has 0 aliphatic heterocycles. The molecule has 0 aromatic heterocycles. The SMILES string of the molecule is COC(=O)C(NC(C)C)c1cccc(C(F)F)c1. The number of halogens is 2. The number of esters is 1. The molecule has 1 aromatic rings. The number of methoxy groups -OCH3 is 1. The summed E-state index contributed by atoms with van der Waals surface area (Å²) >= 11 is 0. The Morgan fingerprint density at radius 1 is 1.28 bits per heavy atom. The number of nitrogens with one attached hydrogen (secondary N) is 1. The van der Waals surface area contributed by atoms with Gasteiger partial charge in [0.05, 0.1) is 7.11 Å². The van der Waals surface area contributed by atoms with E-state index in [0.717, 1.165) is 0 Å². The van der Waals surface area contributed by atoms with E-state index in [9.17, 15) is 13.6 Å². The normalized spacial score (nSPS) is 12.8. The van der Waals surface area contributed by atoms with Crippen molar-refractivity contribution in [2.24, 2.45) is 0 Å². The van der Waals surface area contributed by atoms with Gasteiger partial charge in [0.2, 0.25) is 0 Å². The summed E-state index contributed by atoms with van der Waals surface area (Å²) in [4.78, 5) is 11.7. The van der Waals surface area contributed by atoms with Gasteiger partial charge in [-0.3, -0.25) is 5.32 Å². The van der Waals surface area contributed by atoms with Gasteiger partial charge in [-0.2, -0.15) is 0 Å². The average molecular weight is 257 g/mol. The lowest BCUT2D eigenvalue weighted by Gasteiger charge is -2.20. The van der Waals surface area contributed by atoms with E-state index >= 15 is 0 Å². The van der Waals surface area contributed by atoms with E-state index in [2.05, 4.69) is 10.1 Å². The van der Waals surface area contributed by atoms with Crippen molar-refractivity contribution in [1.29, 1.82) is 0 Å². The van der Waals surface area contributed by atoms with Crippen molar-refractivity contribution in [3.63, 3.8) is 0 Å². The van der Waals surface area contributed by atoms with E-state index in [4.69, 9.17) is 0 Å². The van der Waals surface area contributed by atoms with Gasteiger partial charge in [0.25, 0.3) is 6.43 Å². The lowest BCUT2D eigenvalue weighted by Crippen LogP contribution is -2.34. The average Bonchev–Trinajstić information content (AvgIpc) is 2.35. The second-order valence-corrected chi connectivity index (χ2v) is 4.25. The first-order valence-electron chi connectivity index (χ1n) is 5.67. The van der Waals surface area contributed by atoms with E-state index in [-0.39, 0.29) is 11.6 Å². The van der Waals surface area contributed by atoms with Crippen molar-refractivity contribution >= 4 is 5.97 Å². The molecule has 0 amide bonds. The predicted octanol–water partition coefficient (Wildman–Crippen LogP) is 2.84. The van der Waals surface area contributed by atoms with Crippen LogP contribution in [0.2, 0.25) is 0 Å². The van der Waals surface area contributed by atoms with Gasteiger partial charge in [-0.1, -0.05) is 18.2 Å². The van der Waals surface area contributed by atoms with Gasteiger partial charge in [0, 0.05) is 11.6 Å². The van der Waals surface area contributed by atoms with Crippen molar-refractivity contribution < 1.29 is 18.3 Å². The molecule has 1 atom stereocenters. The van der Waals surface area contributed by atoms with E-state index in [1.165, 1.54) is 25.3 Å². The molecule has 0 fully saturated rings. The summed E-state index contributed by atoms with van der Waals surface area (Å²) in [6.07, 6.45) is -2.55. The van der Waals surface area contributed by atoms with Gasteiger partial charge in [-0.25, -0.2) is 13.6 Å². The fourth-order valence-corrected chi connectivity index (χ4v) is 1.63. The molecule has 1 aromatic carbocycles. The Labute approximate surface area is 105 Å². The maximum absolute atomic E-state index is 12.6. The van der Waals surface area contributed by atoms with Crippen LogP contribution in [-0.2, 0) is 9.53 Å². The molecule has 5 heteroatoms. The minimum absolute atomic E-state index is 0.0318. The van der Waals surface area contributed by atoms with Gasteiger partial charge in [-0.15, -0.1) is 0 Å². The Morgan fingerprint density at radius 3 is 2.39 bits per heavy atom. The number of alkyl halides is 2. The third kappa shape index (κ3) is 3.77. The molecule has 0 saturated carbocycles. The molecule has 0 heterocycles. The summed E-state index contributed by atoms with van der Waals surface area (Å²) in [6, 6.07) is 5.09. The van der Waals surface area contributed by atoms with Crippen LogP contribution >= 0.6 is 0 Å². The van der Waals surface area contributed by atoms with Gasteiger partial charge in [-0.05, 0) is 25.5 Å². The first kappa shape index (κ1) is 14.6. The zero-order valence-corrected chi connectivity index (χ0v) is 10.6. The number of carbonyl (C=O) groups is 1. The maximum Gasteiger partial charge on any atom is 0.327 e. The fraction of sp³-hybridized carbons (Fsp3) is 0.462. The minimum atomic E-state index is -2.55. The molecule has 100 valence electrons. The molecule has 3 nitrogen and oxygen atoms in total. The molecular weight excluding hydrogens is 240 g/mol. The Kier molecular flexibility index (Phi) is 5.22. The highest BCUT2D eigenvalue weighted by atomic mass is 19.3. The minimum Gasteiger partial charge on any atom is -0.468 e. The van der Waals surface area contributed by atoms with Gasteiger partial charge >= 0.3 is 5.97 Å². The first-order chi connectivity index (χ1) is 8.45. The monoisotopic (exact) mass is 257 g/mol. The summed E-state index contributed by atoms with van der Waals surface area (Å²) in [7, 11) is 1.27. The highest BCUT2D eigenvalue weighted by Gasteiger charge is 2.22. The lowest BCUT2D eigenvalue weighted by atomic mass is 10.0. The predicted molar refractivity (Wildman–Crippen MR) is 64.4 cm³/mol. The molecule has 0 aliphatic carbocycles. The van der Waals surface area contributed by atoms with E-state index in [1.807, 2.05) is 13.8 Å². The number of rotatable bonds is 5. The maximum atomic E-state index is 12.6. The third-order valence-electron chi connectivity index (χ3n) is 2.43. The van der Waals surface area contributed by atoms with Crippen LogP contribution in [0.1, 0.15) is 37.4 Å². The molecule has 1 unspecified atom stereocenters. The van der Waals surface area contributed by atoms with Gasteiger partial charge in [0.15, 0.2) is 0 Å². The zero-order valence-electron chi connectivity index (χ0n) is 10.6. The molecule has 18 heavy (non-hydrogen) atoms. The second-order valence-electron chi connectivity index (χ2n) is 4.25. The zero-order chi connectivity index (χ0) is 13.7. The molecule has 0 radical (unpaired) electrons. The Hall–Kier alpha value is -1.49. The van der Waals surface area contributed by atoms with E-state index < -0.39 is 18.4 Å². The highest BCUT2D eigenvalue weighted by Crippen LogP contribution is 2.23. The number of ether oxygens (including phenoxy) is 1. The number of hydrogen-bond acceptors (Lipinski definition) is 3. The van der Waals surface area contributed by atoms with E-state index in [1.54, 1.807) is 6.07 Å². The van der Waals surface area contributed by atoms with E-state index in [0.29, 0.717) is 5.56 Å². The number of hydrogen-bond donors (Lipinski definition) is 1. The largest absolute Gasteiger partial charge is 0.468 e. The molecule has 0 bridgehead atoms. The molecular formula is C13H17F2NO2. The summed E-state index contributed by atoms with van der Waals surface area (Å²) < 4.78 is 29.9. The number of carbonyl (C=O) groups excluding carboxylic acids is 1. The Morgan fingerprint density at radius 2 is 1.89 bits per heavy atom. The Balaban J connectivity index is 3.04. The highest BCUT2D eigenvalue weighted by molar-refractivity contribution is 5.77. The molecule has 1 rings (SSSR count). The van der Waals surface area contributed by atoms with Crippen LogP contribution in [0.3, 0.4) is 0 Å². The summed E-state index contributed by atoms with van der Waals surface area (Å²) in [5, 5.41) is 2.99. The van der Waals surface area contributed by atoms with Crippen LogP contribution in [0.4, 0.5) is 8.78 Å². The molecule has 0 aliphatic rings. The van der Waals surface area contributed by atoms with Crippen molar-refractivity contribution in [1.82, 2.24) is 5.32 Å². The molecule has 1 N–H and O–H groups in total. The summed E-state index contributed by atoms with van der Waals surface area (Å²) in [6.45, 7) is 3.74.